The van der Waals surface area contributed by atoms with Gasteiger partial charge in [0.15, 0.2) is 0 Å². The van der Waals surface area contributed by atoms with Gasteiger partial charge in [-0.25, -0.2) is 8.42 Å². The van der Waals surface area contributed by atoms with Gasteiger partial charge in [0.25, 0.3) is 5.91 Å². The number of carbonyl (C=O) groups excluding carboxylic acids is 1. The van der Waals surface area contributed by atoms with Crippen LogP contribution < -0.4 is 0 Å². The van der Waals surface area contributed by atoms with E-state index >= 15 is 0 Å². The lowest BCUT2D eigenvalue weighted by Gasteiger charge is -2.25. The first-order valence-corrected chi connectivity index (χ1v) is 9.90. The maximum absolute atomic E-state index is 12.7. The van der Waals surface area contributed by atoms with Crippen molar-refractivity contribution in [3.8, 4) is 0 Å². The Morgan fingerprint density at radius 3 is 2.65 bits per heavy atom. The van der Waals surface area contributed by atoms with E-state index in [1.54, 1.807) is 11.9 Å². The zero-order chi connectivity index (χ0) is 18.7. The Morgan fingerprint density at radius 1 is 1.27 bits per heavy atom. The van der Waals surface area contributed by atoms with Gasteiger partial charge in [0.1, 0.15) is 10.6 Å². The summed E-state index contributed by atoms with van der Waals surface area (Å²) in [6, 6.07) is 9.26. The van der Waals surface area contributed by atoms with E-state index in [9.17, 15) is 13.2 Å². The normalized spacial score (nSPS) is 15.8. The molecule has 1 aromatic carbocycles. The number of sulfonamides is 1. The van der Waals surface area contributed by atoms with E-state index in [4.69, 9.17) is 4.74 Å². The number of nitrogens with one attached hydrogen (secondary N) is 1. The maximum atomic E-state index is 12.7. The Labute approximate surface area is 153 Å². The number of rotatable bonds is 5. The van der Waals surface area contributed by atoms with Crippen LogP contribution in [0.3, 0.4) is 0 Å². The minimum Gasteiger partial charge on any atom is -0.379 e. The minimum absolute atomic E-state index is 0.104. The molecule has 8 heteroatoms. The van der Waals surface area contributed by atoms with Crippen molar-refractivity contribution in [3.63, 3.8) is 0 Å². The van der Waals surface area contributed by atoms with Crippen LogP contribution in [0.5, 0.6) is 0 Å². The molecule has 140 valence electrons. The van der Waals surface area contributed by atoms with Gasteiger partial charge in [-0.15, -0.1) is 0 Å². The molecular formula is C18H23N3O4S. The van der Waals surface area contributed by atoms with Crippen molar-refractivity contribution in [1.82, 2.24) is 14.2 Å². The molecule has 7 nitrogen and oxygen atoms in total. The largest absolute Gasteiger partial charge is 0.379 e. The molecule has 2 aromatic rings. The zero-order valence-corrected chi connectivity index (χ0v) is 15.8. The fraction of sp³-hybridized carbons (Fsp3) is 0.389. The molecule has 0 saturated carbocycles. The molecule has 0 aliphatic carbocycles. The topological polar surface area (TPSA) is 82.7 Å². The van der Waals surface area contributed by atoms with E-state index in [0.717, 1.165) is 11.1 Å². The molecule has 1 aliphatic rings. The third kappa shape index (κ3) is 3.82. The highest BCUT2D eigenvalue weighted by Crippen LogP contribution is 2.19. The number of aryl methyl sites for hydroxylation is 1. The van der Waals surface area contributed by atoms with E-state index in [1.165, 1.54) is 16.6 Å². The molecule has 1 fully saturated rings. The predicted molar refractivity (Wildman–Crippen MR) is 97.3 cm³/mol. The van der Waals surface area contributed by atoms with Crippen LogP contribution in [0.1, 0.15) is 21.6 Å². The molecule has 26 heavy (non-hydrogen) atoms. The Kier molecular flexibility index (Phi) is 5.45. The number of ether oxygens (including phenoxy) is 1. The van der Waals surface area contributed by atoms with Gasteiger partial charge in [-0.2, -0.15) is 4.31 Å². The SMILES string of the molecule is Cc1ccccc1CN(C)C(=O)c1cc(S(=O)(=O)N2CCOCC2)c[nH]1. The summed E-state index contributed by atoms with van der Waals surface area (Å²) in [4.78, 5) is 17.1. The molecule has 1 aliphatic heterocycles. The molecule has 3 rings (SSSR count). The number of aromatic amines is 1. The molecule has 1 N–H and O–H groups in total. The molecular weight excluding hydrogens is 354 g/mol. The van der Waals surface area contributed by atoms with Gasteiger partial charge in [-0.05, 0) is 24.1 Å². The van der Waals surface area contributed by atoms with Crippen molar-refractivity contribution in [3.05, 3.63) is 53.3 Å². The third-order valence-electron chi connectivity index (χ3n) is 4.51. The number of morpholine rings is 1. The highest BCUT2D eigenvalue weighted by molar-refractivity contribution is 7.89. The molecule has 1 aromatic heterocycles. The molecule has 0 atom stereocenters. The fourth-order valence-electron chi connectivity index (χ4n) is 2.90. The lowest BCUT2D eigenvalue weighted by atomic mass is 10.1. The van der Waals surface area contributed by atoms with Crippen LogP contribution in [0.2, 0.25) is 0 Å². The van der Waals surface area contributed by atoms with Crippen LogP contribution in [-0.2, 0) is 21.3 Å². The second-order valence-electron chi connectivity index (χ2n) is 6.35. The lowest BCUT2D eigenvalue weighted by molar-refractivity contribution is 0.0730. The summed E-state index contributed by atoms with van der Waals surface area (Å²) in [5.41, 5.74) is 2.42. The number of hydrogen-bond donors (Lipinski definition) is 1. The van der Waals surface area contributed by atoms with Crippen LogP contribution in [-0.4, -0.2) is 61.9 Å². The van der Waals surface area contributed by atoms with Crippen LogP contribution in [0, 0.1) is 6.92 Å². The molecule has 0 unspecified atom stereocenters. The average Bonchev–Trinajstić information content (AvgIpc) is 3.14. The second kappa shape index (κ2) is 7.61. The van der Waals surface area contributed by atoms with Crippen molar-refractivity contribution < 1.29 is 17.9 Å². The first kappa shape index (κ1) is 18.6. The number of amides is 1. The van der Waals surface area contributed by atoms with Crippen molar-refractivity contribution >= 4 is 15.9 Å². The Morgan fingerprint density at radius 2 is 1.96 bits per heavy atom. The fourth-order valence-corrected chi connectivity index (χ4v) is 4.31. The summed E-state index contributed by atoms with van der Waals surface area (Å²) >= 11 is 0. The number of H-pyrrole nitrogens is 1. The van der Waals surface area contributed by atoms with Crippen molar-refractivity contribution in [2.45, 2.75) is 18.4 Å². The first-order valence-electron chi connectivity index (χ1n) is 8.46. The van der Waals surface area contributed by atoms with Gasteiger partial charge in [-0.1, -0.05) is 24.3 Å². The maximum Gasteiger partial charge on any atom is 0.270 e. The molecule has 1 saturated heterocycles. The predicted octanol–water partition coefficient (Wildman–Crippen LogP) is 1.62. The smallest absolute Gasteiger partial charge is 0.270 e. The summed E-state index contributed by atoms with van der Waals surface area (Å²) in [5.74, 6) is -0.253. The quantitative estimate of drug-likeness (QED) is 0.858. The summed E-state index contributed by atoms with van der Waals surface area (Å²) < 4.78 is 31.9. The van der Waals surface area contributed by atoms with Crippen LogP contribution in [0.25, 0.3) is 0 Å². The van der Waals surface area contributed by atoms with E-state index in [1.807, 2.05) is 31.2 Å². The molecule has 0 spiro atoms. The van der Waals surface area contributed by atoms with Gasteiger partial charge in [0.2, 0.25) is 10.0 Å². The lowest BCUT2D eigenvalue weighted by Crippen LogP contribution is -2.40. The van der Waals surface area contributed by atoms with Gasteiger partial charge < -0.3 is 14.6 Å². The molecule has 0 radical (unpaired) electrons. The number of aromatic nitrogens is 1. The van der Waals surface area contributed by atoms with Crippen molar-refractivity contribution in [2.75, 3.05) is 33.4 Å². The standard InChI is InChI=1S/C18H23N3O4S/c1-14-5-3-4-6-15(14)13-20(2)18(22)17-11-16(12-19-17)26(23,24)21-7-9-25-10-8-21/h3-6,11-12,19H,7-10,13H2,1-2H3. The van der Waals surface area contributed by atoms with Crippen LogP contribution in [0.15, 0.2) is 41.4 Å². The Bertz CT molecular complexity index is 885. The molecule has 1 amide bonds. The van der Waals surface area contributed by atoms with Gasteiger partial charge in [0.05, 0.1) is 13.2 Å². The highest BCUT2D eigenvalue weighted by Gasteiger charge is 2.28. The van der Waals surface area contributed by atoms with Gasteiger partial charge in [0, 0.05) is 32.9 Å². The van der Waals surface area contributed by atoms with Crippen molar-refractivity contribution in [2.24, 2.45) is 0 Å². The highest BCUT2D eigenvalue weighted by atomic mass is 32.2. The van der Waals surface area contributed by atoms with Crippen molar-refractivity contribution in [1.29, 1.82) is 0 Å². The molecule has 2 heterocycles. The summed E-state index contributed by atoms with van der Waals surface area (Å²) in [6.07, 6.45) is 1.37. The number of benzene rings is 1. The minimum atomic E-state index is -3.61. The molecule has 0 bridgehead atoms. The van der Waals surface area contributed by atoms with Gasteiger partial charge >= 0.3 is 0 Å². The first-order chi connectivity index (χ1) is 12.4. The monoisotopic (exact) mass is 377 g/mol. The summed E-state index contributed by atoms with van der Waals surface area (Å²) in [5, 5.41) is 0. The number of carbonyl (C=O) groups is 1. The Hall–Kier alpha value is -2.16. The van der Waals surface area contributed by atoms with Crippen LogP contribution >= 0.6 is 0 Å². The van der Waals surface area contributed by atoms with E-state index in [2.05, 4.69) is 4.98 Å². The second-order valence-corrected chi connectivity index (χ2v) is 8.29. The van der Waals surface area contributed by atoms with E-state index < -0.39 is 10.0 Å². The van der Waals surface area contributed by atoms with E-state index in [0.29, 0.717) is 32.8 Å². The third-order valence-corrected chi connectivity index (χ3v) is 6.39. The van der Waals surface area contributed by atoms with E-state index in [-0.39, 0.29) is 16.5 Å². The number of hydrogen-bond acceptors (Lipinski definition) is 4. The summed E-state index contributed by atoms with van der Waals surface area (Å²) in [6.45, 7) is 3.86. The zero-order valence-electron chi connectivity index (χ0n) is 14.9. The van der Waals surface area contributed by atoms with Crippen LogP contribution in [0.4, 0.5) is 0 Å². The Balaban J connectivity index is 1.74. The summed E-state index contributed by atoms with van der Waals surface area (Å²) in [7, 11) is -1.91. The van der Waals surface area contributed by atoms with Gasteiger partial charge in [-0.3, -0.25) is 4.79 Å². The number of nitrogens with zero attached hydrogens (tertiary/aromatic N) is 2. The average molecular weight is 377 g/mol.